The third kappa shape index (κ3) is 4.43. The van der Waals surface area contributed by atoms with Gasteiger partial charge in [0.25, 0.3) is 0 Å². The molecule has 5 atom stereocenters. The van der Waals surface area contributed by atoms with Crippen molar-refractivity contribution in [2.45, 2.75) is 51.2 Å². The molecule has 0 spiro atoms. The number of rotatable bonds is 7. The zero-order chi connectivity index (χ0) is 15.3. The van der Waals surface area contributed by atoms with E-state index in [1.165, 1.54) is 0 Å². The first-order valence-corrected chi connectivity index (χ1v) is 7.16. The SMILES string of the molecule is B[C@@H]1O[C@H](COC)C(OC)[C@@H]1OC[C@@H](OC)C(C)(C)C. The minimum Gasteiger partial charge on any atom is -0.382 e. The standard InChI is InChI=1S/C14H29BO5/c1-14(2,3)10(17-5)8-19-12-11(18-6)9(7-16-4)20-13(12)15/h9-13H,7-8,15H2,1-6H3/t9-,10-,11?,12+,13-/m1/s1. The minimum absolute atomic E-state index is 0.0161. The zero-order valence-corrected chi connectivity index (χ0v) is 13.8. The first-order chi connectivity index (χ1) is 9.35. The Morgan fingerprint density at radius 1 is 1.15 bits per heavy atom. The molecule has 0 saturated carbocycles. The van der Waals surface area contributed by atoms with Crippen LogP contribution in [0.2, 0.25) is 0 Å². The fourth-order valence-corrected chi connectivity index (χ4v) is 2.59. The second kappa shape index (κ2) is 7.75. The van der Waals surface area contributed by atoms with Crippen LogP contribution in [0.1, 0.15) is 20.8 Å². The van der Waals surface area contributed by atoms with Gasteiger partial charge in [0.05, 0.1) is 25.3 Å². The minimum atomic E-state index is -0.109. The van der Waals surface area contributed by atoms with Crippen molar-refractivity contribution in [2.24, 2.45) is 5.41 Å². The molecule has 0 aromatic rings. The highest BCUT2D eigenvalue weighted by Crippen LogP contribution is 2.27. The zero-order valence-electron chi connectivity index (χ0n) is 13.8. The van der Waals surface area contributed by atoms with Crippen LogP contribution in [-0.4, -0.2) is 72.8 Å². The largest absolute Gasteiger partial charge is 0.382 e. The Labute approximate surface area is 123 Å². The summed E-state index contributed by atoms with van der Waals surface area (Å²) in [6, 6.07) is -0.0161. The Morgan fingerprint density at radius 3 is 2.25 bits per heavy atom. The summed E-state index contributed by atoms with van der Waals surface area (Å²) in [4.78, 5) is 0. The lowest BCUT2D eigenvalue weighted by atomic mass is 9.89. The molecule has 0 aliphatic carbocycles. The van der Waals surface area contributed by atoms with Gasteiger partial charge in [-0.3, -0.25) is 0 Å². The molecule has 1 rings (SSSR count). The van der Waals surface area contributed by atoms with Crippen molar-refractivity contribution in [3.8, 4) is 0 Å². The lowest BCUT2D eigenvalue weighted by molar-refractivity contribution is -0.101. The van der Waals surface area contributed by atoms with E-state index in [2.05, 4.69) is 20.8 Å². The van der Waals surface area contributed by atoms with E-state index in [4.69, 9.17) is 23.7 Å². The molecular weight excluding hydrogens is 259 g/mol. The summed E-state index contributed by atoms with van der Waals surface area (Å²) in [5.74, 6) is 0. The van der Waals surface area contributed by atoms with Gasteiger partial charge < -0.3 is 23.7 Å². The number of methoxy groups -OCH3 is 3. The molecule has 5 nitrogen and oxygen atoms in total. The lowest BCUT2D eigenvalue weighted by Gasteiger charge is -2.31. The van der Waals surface area contributed by atoms with Gasteiger partial charge in [-0.05, 0) is 5.41 Å². The Morgan fingerprint density at radius 2 is 1.80 bits per heavy atom. The highest BCUT2D eigenvalue weighted by molar-refractivity contribution is 6.11. The molecule has 0 radical (unpaired) electrons. The van der Waals surface area contributed by atoms with Crippen LogP contribution in [0.4, 0.5) is 0 Å². The van der Waals surface area contributed by atoms with Crippen molar-refractivity contribution >= 4 is 7.85 Å². The number of ether oxygens (including phenoxy) is 5. The van der Waals surface area contributed by atoms with Crippen molar-refractivity contribution in [1.82, 2.24) is 0 Å². The van der Waals surface area contributed by atoms with Crippen LogP contribution in [0.15, 0.2) is 0 Å². The topological polar surface area (TPSA) is 46.2 Å². The Hall–Kier alpha value is -0.135. The Kier molecular flexibility index (Phi) is 6.95. The fraction of sp³-hybridized carbons (Fsp3) is 1.00. The maximum absolute atomic E-state index is 6.04. The summed E-state index contributed by atoms with van der Waals surface area (Å²) in [6.07, 6.45) is -0.253. The maximum atomic E-state index is 6.04. The van der Waals surface area contributed by atoms with Gasteiger partial charge >= 0.3 is 0 Å². The molecule has 6 heteroatoms. The summed E-state index contributed by atoms with van der Waals surface area (Å²) >= 11 is 0. The van der Waals surface area contributed by atoms with E-state index in [-0.39, 0.29) is 35.8 Å². The summed E-state index contributed by atoms with van der Waals surface area (Å²) in [7, 11) is 7.07. The molecule has 0 aromatic carbocycles. The molecule has 1 saturated heterocycles. The van der Waals surface area contributed by atoms with Crippen LogP contribution in [0.5, 0.6) is 0 Å². The van der Waals surface area contributed by atoms with Crippen molar-refractivity contribution in [1.29, 1.82) is 0 Å². The lowest BCUT2D eigenvalue weighted by Crippen LogP contribution is -2.42. The second-order valence-corrected chi connectivity index (χ2v) is 6.42. The van der Waals surface area contributed by atoms with Gasteiger partial charge in [-0.15, -0.1) is 0 Å². The van der Waals surface area contributed by atoms with Crippen molar-refractivity contribution in [3.05, 3.63) is 0 Å². The highest BCUT2D eigenvalue weighted by Gasteiger charge is 2.43. The molecule has 1 fully saturated rings. The first kappa shape index (κ1) is 17.9. The quantitative estimate of drug-likeness (QED) is 0.637. The fourth-order valence-electron chi connectivity index (χ4n) is 2.59. The van der Waals surface area contributed by atoms with E-state index in [1.807, 2.05) is 7.85 Å². The molecule has 0 amide bonds. The van der Waals surface area contributed by atoms with Crippen LogP contribution >= 0.6 is 0 Å². The maximum Gasteiger partial charge on any atom is 0.142 e. The summed E-state index contributed by atoms with van der Waals surface area (Å²) < 4.78 is 28.1. The molecule has 1 heterocycles. The summed E-state index contributed by atoms with van der Waals surface area (Å²) in [6.45, 7) is 7.45. The van der Waals surface area contributed by atoms with E-state index < -0.39 is 0 Å². The van der Waals surface area contributed by atoms with Crippen LogP contribution in [0.25, 0.3) is 0 Å². The molecule has 1 unspecified atom stereocenters. The van der Waals surface area contributed by atoms with Crippen molar-refractivity contribution < 1.29 is 23.7 Å². The Balaban J connectivity index is 2.61. The molecule has 1 aliphatic heterocycles. The van der Waals surface area contributed by atoms with E-state index in [1.54, 1.807) is 21.3 Å². The van der Waals surface area contributed by atoms with Crippen molar-refractivity contribution in [2.75, 3.05) is 34.5 Å². The third-order valence-electron chi connectivity index (χ3n) is 3.84. The van der Waals surface area contributed by atoms with Gasteiger partial charge in [0.1, 0.15) is 26.2 Å². The van der Waals surface area contributed by atoms with Crippen LogP contribution in [0, 0.1) is 5.41 Å². The molecule has 0 aromatic heterocycles. The van der Waals surface area contributed by atoms with Gasteiger partial charge in [0, 0.05) is 21.3 Å². The smallest absolute Gasteiger partial charge is 0.142 e. The molecule has 0 N–H and O–H groups in total. The van der Waals surface area contributed by atoms with Gasteiger partial charge in [0.15, 0.2) is 0 Å². The second-order valence-electron chi connectivity index (χ2n) is 6.42. The van der Waals surface area contributed by atoms with Crippen LogP contribution in [-0.2, 0) is 23.7 Å². The van der Waals surface area contributed by atoms with E-state index in [0.29, 0.717) is 13.2 Å². The summed E-state index contributed by atoms with van der Waals surface area (Å²) in [5, 5.41) is 0. The van der Waals surface area contributed by atoms with E-state index in [0.717, 1.165) is 0 Å². The van der Waals surface area contributed by atoms with Crippen LogP contribution < -0.4 is 0 Å². The van der Waals surface area contributed by atoms with Gasteiger partial charge in [0.2, 0.25) is 0 Å². The predicted molar refractivity (Wildman–Crippen MR) is 79.9 cm³/mol. The average molecular weight is 288 g/mol. The van der Waals surface area contributed by atoms with E-state index >= 15 is 0 Å². The predicted octanol–water partition coefficient (Wildman–Crippen LogP) is 0.452. The average Bonchev–Trinajstić information content (AvgIpc) is 2.65. The molecule has 118 valence electrons. The Bertz CT molecular complexity index is 281. The number of hydrogen-bond donors (Lipinski definition) is 0. The van der Waals surface area contributed by atoms with Gasteiger partial charge in [-0.25, -0.2) is 0 Å². The third-order valence-corrected chi connectivity index (χ3v) is 3.84. The molecule has 0 bridgehead atoms. The van der Waals surface area contributed by atoms with Crippen LogP contribution in [0.3, 0.4) is 0 Å². The van der Waals surface area contributed by atoms with Crippen molar-refractivity contribution in [3.63, 3.8) is 0 Å². The van der Waals surface area contributed by atoms with Gasteiger partial charge in [-0.2, -0.15) is 0 Å². The molecule has 1 aliphatic rings. The number of hydrogen-bond acceptors (Lipinski definition) is 5. The molecule has 20 heavy (non-hydrogen) atoms. The monoisotopic (exact) mass is 288 g/mol. The normalized spacial score (nSPS) is 32.5. The molecular formula is C14H29BO5. The van der Waals surface area contributed by atoms with Gasteiger partial charge in [-0.1, -0.05) is 20.8 Å². The highest BCUT2D eigenvalue weighted by atomic mass is 16.6. The summed E-state index contributed by atoms with van der Waals surface area (Å²) in [5.41, 5.74) is 0.0337. The first-order valence-electron chi connectivity index (χ1n) is 7.16. The van der Waals surface area contributed by atoms with E-state index in [9.17, 15) is 0 Å².